The minimum atomic E-state index is -0.518. The maximum atomic E-state index is 11.2. The first kappa shape index (κ1) is 17.4. The van der Waals surface area contributed by atoms with Gasteiger partial charge in [-0.1, -0.05) is 34.1 Å². The fourth-order valence-corrected chi connectivity index (χ4v) is 4.76. The van der Waals surface area contributed by atoms with E-state index >= 15 is 0 Å². The highest BCUT2D eigenvalue weighted by Gasteiger charge is 2.41. The Morgan fingerprint density at radius 2 is 2.11 bits per heavy atom. The van der Waals surface area contributed by atoms with Crippen molar-refractivity contribution >= 4 is 38.7 Å². The Kier molecular flexibility index (Phi) is 4.17. The summed E-state index contributed by atoms with van der Waals surface area (Å²) in [6.07, 6.45) is 0.245. The van der Waals surface area contributed by atoms with E-state index in [-0.39, 0.29) is 16.7 Å². The largest absolute Gasteiger partial charge is 0.464 e. The number of non-ortho nitro benzene ring substituents is 1. The van der Waals surface area contributed by atoms with Crippen molar-refractivity contribution in [1.82, 2.24) is 5.01 Å². The van der Waals surface area contributed by atoms with Crippen LogP contribution >= 0.6 is 27.3 Å². The summed E-state index contributed by atoms with van der Waals surface area (Å²) >= 11 is 5.20. The second kappa shape index (κ2) is 6.72. The molecule has 2 atom stereocenters. The molecule has 2 aliphatic rings. The zero-order valence-corrected chi connectivity index (χ0v) is 16.9. The monoisotopic (exact) mass is 455 g/mol. The standard InChI is InChI=1S/C20H14BrN3O3S/c21-13-6-7-18-15(10-13)17-11-16(19-5-2-8-28-19)22-23(17)20(27-18)12-3-1-4-14(9-12)24(25)26/h1-10,17,20H,11H2/t17-,20+/m0/s1. The maximum Gasteiger partial charge on any atom is 0.269 e. The Morgan fingerprint density at radius 3 is 2.89 bits per heavy atom. The summed E-state index contributed by atoms with van der Waals surface area (Å²) in [4.78, 5) is 12.0. The molecular formula is C20H14BrN3O3S. The second-order valence-electron chi connectivity index (χ2n) is 6.63. The molecule has 1 aromatic heterocycles. The van der Waals surface area contributed by atoms with E-state index in [0.717, 1.165) is 32.8 Å². The molecule has 0 amide bonds. The molecule has 0 spiro atoms. The maximum absolute atomic E-state index is 11.2. The average Bonchev–Trinajstić information content (AvgIpc) is 3.37. The molecule has 5 rings (SSSR count). The first-order valence-electron chi connectivity index (χ1n) is 8.70. The fraction of sp³-hybridized carbons (Fsp3) is 0.150. The van der Waals surface area contributed by atoms with Crippen molar-refractivity contribution in [3.8, 4) is 5.75 Å². The number of nitro groups is 1. The minimum Gasteiger partial charge on any atom is -0.464 e. The first-order valence-corrected chi connectivity index (χ1v) is 10.4. The molecular weight excluding hydrogens is 442 g/mol. The lowest BCUT2D eigenvalue weighted by molar-refractivity contribution is -0.385. The van der Waals surface area contributed by atoms with Gasteiger partial charge < -0.3 is 4.74 Å². The number of nitro benzene ring substituents is 1. The van der Waals surface area contributed by atoms with Gasteiger partial charge in [0, 0.05) is 34.2 Å². The van der Waals surface area contributed by atoms with Crippen LogP contribution < -0.4 is 4.74 Å². The van der Waals surface area contributed by atoms with Gasteiger partial charge in [-0.25, -0.2) is 5.01 Å². The summed E-state index contributed by atoms with van der Waals surface area (Å²) in [7, 11) is 0. The van der Waals surface area contributed by atoms with Crippen molar-refractivity contribution < 1.29 is 9.66 Å². The number of ether oxygens (including phenoxy) is 1. The van der Waals surface area contributed by atoms with Crippen molar-refractivity contribution in [2.24, 2.45) is 5.10 Å². The normalized spacial score (nSPS) is 20.2. The van der Waals surface area contributed by atoms with E-state index in [9.17, 15) is 10.1 Å². The number of thiophene rings is 1. The van der Waals surface area contributed by atoms with Gasteiger partial charge in [-0.2, -0.15) is 5.10 Å². The molecule has 0 radical (unpaired) electrons. The average molecular weight is 456 g/mol. The molecule has 0 unspecified atom stereocenters. The second-order valence-corrected chi connectivity index (χ2v) is 8.49. The van der Waals surface area contributed by atoms with Crippen LogP contribution in [0.4, 0.5) is 5.69 Å². The van der Waals surface area contributed by atoms with Crippen LogP contribution in [0.3, 0.4) is 0 Å². The zero-order chi connectivity index (χ0) is 19.3. The van der Waals surface area contributed by atoms with Crippen molar-refractivity contribution in [1.29, 1.82) is 0 Å². The quantitative estimate of drug-likeness (QED) is 0.377. The third kappa shape index (κ3) is 2.89. The lowest BCUT2D eigenvalue weighted by Gasteiger charge is -2.38. The van der Waals surface area contributed by atoms with Gasteiger partial charge in [0.05, 0.1) is 21.6 Å². The number of halogens is 1. The predicted molar refractivity (Wildman–Crippen MR) is 111 cm³/mol. The number of hydrogen-bond donors (Lipinski definition) is 0. The zero-order valence-electron chi connectivity index (χ0n) is 14.5. The Labute approximate surface area is 173 Å². The van der Waals surface area contributed by atoms with Gasteiger partial charge in [0.1, 0.15) is 5.75 Å². The molecule has 0 fully saturated rings. The molecule has 2 aliphatic heterocycles. The summed E-state index contributed by atoms with van der Waals surface area (Å²) in [5.41, 5.74) is 2.82. The highest BCUT2D eigenvalue weighted by atomic mass is 79.9. The third-order valence-electron chi connectivity index (χ3n) is 4.92. The van der Waals surface area contributed by atoms with Crippen LogP contribution in [0.2, 0.25) is 0 Å². The molecule has 0 bridgehead atoms. The molecule has 0 N–H and O–H groups in total. The Balaban J connectivity index is 1.62. The SMILES string of the molecule is O=[N+]([O-])c1cccc([C@H]2Oc3ccc(Br)cc3[C@@H]3CC(c4cccs4)=NN23)c1. The summed E-state index contributed by atoms with van der Waals surface area (Å²) in [5.74, 6) is 0.781. The van der Waals surface area contributed by atoms with Crippen molar-refractivity contribution in [3.63, 3.8) is 0 Å². The van der Waals surface area contributed by atoms with Crippen LogP contribution in [0.25, 0.3) is 0 Å². The number of fused-ring (bicyclic) bond motifs is 3. The Bertz CT molecular complexity index is 1100. The molecule has 140 valence electrons. The van der Waals surface area contributed by atoms with E-state index in [1.807, 2.05) is 34.7 Å². The van der Waals surface area contributed by atoms with Crippen molar-refractivity contribution in [2.45, 2.75) is 18.7 Å². The van der Waals surface area contributed by atoms with E-state index in [1.54, 1.807) is 23.5 Å². The van der Waals surface area contributed by atoms with Crippen LogP contribution in [-0.4, -0.2) is 15.6 Å². The molecule has 28 heavy (non-hydrogen) atoms. The summed E-state index contributed by atoms with van der Waals surface area (Å²) in [6.45, 7) is 0. The van der Waals surface area contributed by atoms with Crippen LogP contribution in [0, 0.1) is 10.1 Å². The fourth-order valence-electron chi connectivity index (χ4n) is 3.66. The van der Waals surface area contributed by atoms with Gasteiger partial charge in [-0.3, -0.25) is 10.1 Å². The minimum absolute atomic E-state index is 0.0163. The van der Waals surface area contributed by atoms with Gasteiger partial charge in [0.15, 0.2) is 0 Å². The first-order chi connectivity index (χ1) is 13.6. The highest BCUT2D eigenvalue weighted by Crippen LogP contribution is 2.48. The van der Waals surface area contributed by atoms with Crippen LogP contribution in [0.5, 0.6) is 5.75 Å². The number of hydrogen-bond acceptors (Lipinski definition) is 6. The number of rotatable bonds is 3. The van der Waals surface area contributed by atoms with Crippen LogP contribution in [0.1, 0.15) is 34.7 Å². The summed E-state index contributed by atoms with van der Waals surface area (Å²) < 4.78 is 7.25. The van der Waals surface area contributed by atoms with Gasteiger partial charge in [-0.05, 0) is 29.6 Å². The van der Waals surface area contributed by atoms with Crippen LogP contribution in [-0.2, 0) is 0 Å². The van der Waals surface area contributed by atoms with Crippen LogP contribution in [0.15, 0.2) is 69.6 Å². The van der Waals surface area contributed by atoms with E-state index in [2.05, 4.69) is 28.1 Å². The molecule has 0 aliphatic carbocycles. The smallest absolute Gasteiger partial charge is 0.269 e. The highest BCUT2D eigenvalue weighted by molar-refractivity contribution is 9.10. The molecule has 0 saturated carbocycles. The molecule has 0 saturated heterocycles. The molecule has 3 heterocycles. The third-order valence-corrected chi connectivity index (χ3v) is 6.34. The lowest BCUT2D eigenvalue weighted by Crippen LogP contribution is -2.33. The predicted octanol–water partition coefficient (Wildman–Crippen LogP) is 5.66. The molecule has 6 nitrogen and oxygen atoms in total. The molecule has 8 heteroatoms. The summed E-state index contributed by atoms with van der Waals surface area (Å²) in [6, 6.07) is 16.6. The molecule has 2 aromatic carbocycles. The Hall–Kier alpha value is -2.71. The van der Waals surface area contributed by atoms with Crippen molar-refractivity contribution in [2.75, 3.05) is 0 Å². The van der Waals surface area contributed by atoms with E-state index < -0.39 is 6.23 Å². The van der Waals surface area contributed by atoms with E-state index in [4.69, 9.17) is 9.84 Å². The van der Waals surface area contributed by atoms with Crippen molar-refractivity contribution in [3.05, 3.63) is 90.6 Å². The lowest BCUT2D eigenvalue weighted by atomic mass is 9.97. The number of benzene rings is 2. The topological polar surface area (TPSA) is 68.0 Å². The van der Waals surface area contributed by atoms with Gasteiger partial charge in [-0.15, -0.1) is 11.3 Å². The molecule has 3 aromatic rings. The number of hydrazone groups is 1. The van der Waals surface area contributed by atoms with Gasteiger partial charge in [0.25, 0.3) is 5.69 Å². The summed E-state index contributed by atoms with van der Waals surface area (Å²) in [5, 5.41) is 20.1. The Morgan fingerprint density at radius 1 is 1.21 bits per heavy atom. The van der Waals surface area contributed by atoms with E-state index in [0.29, 0.717) is 5.56 Å². The van der Waals surface area contributed by atoms with Gasteiger partial charge in [0.2, 0.25) is 6.23 Å². The number of nitrogens with zero attached hydrogens (tertiary/aromatic N) is 3. The van der Waals surface area contributed by atoms with E-state index in [1.165, 1.54) is 6.07 Å². The van der Waals surface area contributed by atoms with Gasteiger partial charge >= 0.3 is 0 Å².